The van der Waals surface area contributed by atoms with Gasteiger partial charge in [0.05, 0.1) is 6.42 Å². The van der Waals surface area contributed by atoms with Crippen molar-refractivity contribution in [2.75, 3.05) is 32.4 Å². The Kier molecular flexibility index (Phi) is 33.9. The van der Waals surface area contributed by atoms with E-state index < -0.39 is 244 Å². The van der Waals surface area contributed by atoms with Gasteiger partial charge in [-0.25, -0.2) is 4.79 Å². The molecule has 20 N–H and O–H groups in total. The Hall–Kier alpha value is -10.9. The zero-order chi connectivity index (χ0) is 87.5. The molecule has 0 saturated carbocycles. The molecular weight excluding hydrogens is 1620 g/mol. The average Bonchev–Trinajstić information content (AvgIpc) is 1.80. The fraction of sp³-hybridized carbons (Fsp3) is 0.587. The molecular formula is C75H109BrN18O22S. The first-order valence-corrected chi connectivity index (χ1v) is 40.6. The molecule has 15 atom stereocenters. The minimum absolute atomic E-state index is 0.0131. The quantitative estimate of drug-likeness (QED) is 0.00710. The van der Waals surface area contributed by atoms with E-state index in [9.17, 15) is 75.9 Å². The Labute approximate surface area is 684 Å². The number of aliphatic imine (C=N–C) groups is 1. The molecule has 3 unspecified atom stereocenters. The number of halogens is 1. The lowest BCUT2D eigenvalue weighted by molar-refractivity contribution is -0.161. The lowest BCUT2D eigenvalue weighted by Crippen LogP contribution is -2.64. The van der Waals surface area contributed by atoms with E-state index in [1.165, 1.54) is 19.1 Å². The number of aromatic amines is 1. The van der Waals surface area contributed by atoms with Crippen LogP contribution in [0.2, 0.25) is 0 Å². The van der Waals surface area contributed by atoms with Crippen molar-refractivity contribution in [3.8, 4) is 0 Å². The van der Waals surface area contributed by atoms with E-state index in [-0.39, 0.29) is 76.6 Å². The molecule has 42 heteroatoms. The number of rotatable bonds is 35. The maximum atomic E-state index is 15.4. The summed E-state index contributed by atoms with van der Waals surface area (Å²) < 4.78 is 42.8. The summed E-state index contributed by atoms with van der Waals surface area (Å²) in [4.78, 5) is 237. The monoisotopic (exact) mass is 1720 g/mol. The largest absolute Gasteiger partial charge is 0.481 e. The smallest absolute Gasteiger partial charge is 0.329 e. The standard InChI is InChI=1S/C75H109BrN18O22S/c1-12-75(9,10)59(91-67(107)58(74(6,7)8)90-66(106)51-22-17-31-94(51)71(111)56(89-60(100)38(4)82-36-95)57(99)40-23-25-42(76)26-24-40)68(108)84-46(32-41-34-81-44-19-14-13-18-43(41)44)62(102)83-45(20-15-29-80-73(78)79)61(101)86-48(35-117(113,114)115)63(103)88-55-39(5)116-72(112)47(33-53(97)98)85-65(105)50-21-16-30-93(50)70(110)54(37(2)3)87-64(104)49(27-28-52(77)96)92(11)69(55)109/h13-14,18-19,23-26,34,36-39,45-51,54-59,81,99H,12,15-17,20-22,27-33,35H2,1-11H3,(H2,77,96)(H,82,95)(H,83,102)(H,84,108)(H,85,105)(H,86,101)(H,87,104)(H,88,103)(H,89,100)(H,90,106)(H,91,107)(H,97,98)(H4,78,79,80)(H,113,114,115)/t38?,39-,45+,46-,47-,48-,49+,50+,51-,54+,55-,56?,57?,58+,59+/m0/s1. The number of aliphatic carboxylic acids is 1. The first-order chi connectivity index (χ1) is 54.7. The van der Waals surface area contributed by atoms with E-state index in [2.05, 4.69) is 79.1 Å². The number of esters is 1. The number of hydrogen-bond donors (Lipinski definition) is 17. The number of likely N-dealkylation sites (tertiary alicyclic amines) is 1. The van der Waals surface area contributed by atoms with E-state index >= 15 is 24.0 Å². The highest BCUT2D eigenvalue weighted by Gasteiger charge is 2.48. The number of likely N-dealkylation sites (N-methyl/N-ethyl adjacent to an activating group) is 1. The Balaban J connectivity index is 1.36. The summed E-state index contributed by atoms with van der Waals surface area (Å²) in [5.41, 5.74) is 15.6. The Morgan fingerprint density at radius 1 is 0.769 bits per heavy atom. The van der Waals surface area contributed by atoms with Gasteiger partial charge in [0, 0.05) is 61.1 Å². The second kappa shape index (κ2) is 41.8. The van der Waals surface area contributed by atoms with Crippen LogP contribution >= 0.6 is 15.9 Å². The van der Waals surface area contributed by atoms with Gasteiger partial charge in [0.25, 0.3) is 10.1 Å². The van der Waals surface area contributed by atoms with Gasteiger partial charge in [-0.3, -0.25) is 81.5 Å². The first kappa shape index (κ1) is 95.0. The number of nitrogens with zero attached hydrogens (tertiary/aromatic N) is 4. The van der Waals surface area contributed by atoms with Crippen molar-refractivity contribution in [3.63, 3.8) is 0 Å². The molecule has 0 radical (unpaired) electrons. The number of aliphatic hydroxyl groups is 1. The number of carbonyl (C=O) groups is 16. The van der Waals surface area contributed by atoms with E-state index in [0.29, 0.717) is 25.8 Å². The molecule has 3 fully saturated rings. The second-order valence-corrected chi connectivity index (χ2v) is 33.8. The Morgan fingerprint density at radius 2 is 1.39 bits per heavy atom. The second-order valence-electron chi connectivity index (χ2n) is 31.4. The van der Waals surface area contributed by atoms with Gasteiger partial charge in [-0.1, -0.05) is 102 Å². The first-order valence-electron chi connectivity index (χ1n) is 38.2. The van der Waals surface area contributed by atoms with Crippen LogP contribution in [0.25, 0.3) is 10.9 Å². The fourth-order valence-corrected chi connectivity index (χ4v) is 14.6. The summed E-state index contributed by atoms with van der Waals surface area (Å²) in [7, 11) is -4.41. The number of ether oxygens (including phenoxy) is 1. The molecule has 6 rings (SSSR count). The highest BCUT2D eigenvalue weighted by molar-refractivity contribution is 9.10. The van der Waals surface area contributed by atoms with Crippen molar-refractivity contribution in [2.45, 2.75) is 231 Å². The van der Waals surface area contributed by atoms with Crippen molar-refractivity contribution in [1.82, 2.24) is 72.9 Å². The summed E-state index contributed by atoms with van der Waals surface area (Å²) in [6.07, 6.45) is -4.41. The van der Waals surface area contributed by atoms with Crippen molar-refractivity contribution in [1.29, 1.82) is 0 Å². The van der Waals surface area contributed by atoms with Gasteiger partial charge in [-0.05, 0) is 111 Å². The van der Waals surface area contributed by atoms with E-state index in [4.69, 9.17) is 21.9 Å². The van der Waals surface area contributed by atoms with Crippen molar-refractivity contribution >= 4 is 138 Å². The molecule has 14 amide bonds. The molecule has 2 aromatic carbocycles. The van der Waals surface area contributed by atoms with Gasteiger partial charge in [0.1, 0.15) is 96.5 Å². The van der Waals surface area contributed by atoms with Crippen molar-refractivity contribution in [2.24, 2.45) is 38.9 Å². The number of benzene rings is 2. The van der Waals surface area contributed by atoms with E-state index in [0.717, 1.165) is 23.8 Å². The van der Waals surface area contributed by atoms with Crippen LogP contribution in [-0.4, -0.2) is 261 Å². The fourth-order valence-electron chi connectivity index (χ4n) is 13.7. The highest BCUT2D eigenvalue weighted by atomic mass is 79.9. The number of carboxylic acids is 1. The number of nitrogens with two attached hydrogens (primary N) is 3. The predicted molar refractivity (Wildman–Crippen MR) is 424 cm³/mol. The molecule has 3 saturated heterocycles. The number of aliphatic hydroxyl groups excluding tert-OH is 1. The third-order valence-corrected chi connectivity index (χ3v) is 22.1. The topological polar surface area (TPSA) is 613 Å². The minimum Gasteiger partial charge on any atom is -0.481 e. The molecule has 644 valence electrons. The summed E-state index contributed by atoms with van der Waals surface area (Å²) in [5.74, 6) is -19.8. The van der Waals surface area contributed by atoms with Crippen molar-refractivity contribution in [3.05, 3.63) is 70.3 Å². The number of carboxylic acid groups (broad SMARTS) is 1. The number of amides is 14. The van der Waals surface area contributed by atoms with Gasteiger partial charge in [0.2, 0.25) is 83.2 Å². The van der Waals surface area contributed by atoms with Crippen LogP contribution in [0.5, 0.6) is 0 Å². The number of carbonyl (C=O) groups excluding carboxylic acids is 15. The zero-order valence-electron chi connectivity index (χ0n) is 67.0. The number of hydrogen-bond acceptors (Lipinski definition) is 21. The van der Waals surface area contributed by atoms with Crippen LogP contribution in [0.15, 0.2) is 64.2 Å². The summed E-state index contributed by atoms with van der Waals surface area (Å²) in [5, 5.41) is 47.2. The number of cyclic esters (lactones) is 1. The minimum atomic E-state index is -5.42. The van der Waals surface area contributed by atoms with Crippen LogP contribution in [0, 0.1) is 16.7 Å². The maximum absolute atomic E-state index is 15.4. The molecule has 3 aromatic rings. The number of aromatic nitrogens is 1. The average molecular weight is 1730 g/mol. The zero-order valence-corrected chi connectivity index (χ0v) is 69.4. The molecule has 0 spiro atoms. The molecule has 4 heterocycles. The van der Waals surface area contributed by atoms with E-state index in [1.807, 2.05) is 0 Å². The third-order valence-electron chi connectivity index (χ3n) is 20.8. The van der Waals surface area contributed by atoms with Crippen LogP contribution in [0.4, 0.5) is 0 Å². The van der Waals surface area contributed by atoms with Crippen LogP contribution in [0.3, 0.4) is 0 Å². The normalized spacial score (nSPS) is 21.2. The summed E-state index contributed by atoms with van der Waals surface area (Å²) >= 11 is 3.33. The lowest BCUT2D eigenvalue weighted by atomic mass is 9.80. The SMILES string of the molecule is CCC(C)(C)[C@H](NC(=O)[C@@H](NC(=O)[C@@H]1CCCN1C(=O)C(NC(=O)C(C)NC=O)C(O)c1ccc(Br)cc1)C(C)(C)C)C(=O)N[C@@H](Cc1c[nH]c2ccccc12)C(=O)N[C@H](CCCN=C(N)N)C(=O)N[C@@H](CS(=O)(=O)O)C(=O)N[C@@H]1C(=O)N(C)[C@H](CCC(N)=O)C(=O)N[C@H](C(C)C)C(=O)N2CCC[C@@H]2C(=O)N[C@@H](CC(=O)O)C(=O)O[C@H]1C. The molecule has 40 nitrogen and oxygen atoms in total. The Bertz CT molecular complexity index is 4320. The van der Waals surface area contributed by atoms with Crippen LogP contribution < -0.4 is 70.4 Å². The number of primary amides is 1. The maximum Gasteiger partial charge on any atom is 0.329 e. The molecule has 0 aliphatic carbocycles. The van der Waals surface area contributed by atoms with E-state index in [1.54, 1.807) is 98.0 Å². The number of guanidine groups is 1. The summed E-state index contributed by atoms with van der Waals surface area (Å²) in [6.45, 7) is 15.0. The van der Waals surface area contributed by atoms with Gasteiger partial charge in [-0.15, -0.1) is 0 Å². The number of nitrogens with one attached hydrogen (secondary N) is 11. The van der Waals surface area contributed by atoms with Gasteiger partial charge in [-0.2, -0.15) is 8.42 Å². The Morgan fingerprint density at radius 3 is 2.00 bits per heavy atom. The number of para-hydroxylation sites is 1. The molecule has 0 bridgehead atoms. The summed E-state index contributed by atoms with van der Waals surface area (Å²) in [6, 6.07) is -9.16. The van der Waals surface area contributed by atoms with Gasteiger partial charge >= 0.3 is 11.9 Å². The van der Waals surface area contributed by atoms with Gasteiger partial charge < -0.3 is 105 Å². The number of H-pyrrole nitrogens is 1. The molecule has 3 aliphatic heterocycles. The number of fused-ring (bicyclic) bond motifs is 2. The lowest BCUT2D eigenvalue weighted by Gasteiger charge is -2.38. The molecule has 3 aliphatic rings. The predicted octanol–water partition coefficient (Wildman–Crippen LogP) is -2.72. The van der Waals surface area contributed by atoms with Crippen LogP contribution in [0.1, 0.15) is 151 Å². The van der Waals surface area contributed by atoms with Gasteiger partial charge in [0.15, 0.2) is 5.96 Å². The molecule has 1 aromatic heterocycles. The third kappa shape index (κ3) is 26.3. The van der Waals surface area contributed by atoms with Crippen LogP contribution in [-0.2, 0) is 98.0 Å². The molecule has 117 heavy (non-hydrogen) atoms. The highest BCUT2D eigenvalue weighted by Crippen LogP contribution is 2.31. The van der Waals surface area contributed by atoms with Crippen molar-refractivity contribution < 1.29 is 105 Å².